The van der Waals surface area contributed by atoms with Gasteiger partial charge < -0.3 is 10.5 Å². The van der Waals surface area contributed by atoms with Crippen LogP contribution in [-0.2, 0) is 4.79 Å². The summed E-state index contributed by atoms with van der Waals surface area (Å²) in [5.41, 5.74) is 6.81. The van der Waals surface area contributed by atoms with Gasteiger partial charge in [0, 0.05) is 6.04 Å². The minimum absolute atomic E-state index is 0.159. The van der Waals surface area contributed by atoms with Crippen molar-refractivity contribution in [2.45, 2.75) is 13.0 Å². The molecule has 0 aromatic heterocycles. The third-order valence-corrected chi connectivity index (χ3v) is 1.33. The first kappa shape index (κ1) is 9.85. The quantitative estimate of drug-likeness (QED) is 0.661. The van der Waals surface area contributed by atoms with Gasteiger partial charge in [-0.2, -0.15) is 0 Å². The summed E-state index contributed by atoms with van der Waals surface area (Å²) >= 11 is 0. The van der Waals surface area contributed by atoms with Gasteiger partial charge in [-0.1, -0.05) is 30.3 Å². The first-order chi connectivity index (χ1) is 5.30. The summed E-state index contributed by atoms with van der Waals surface area (Å²) in [6.07, 6.45) is 0. The second kappa shape index (κ2) is 5.62. The van der Waals surface area contributed by atoms with E-state index in [2.05, 4.69) is 0 Å². The summed E-state index contributed by atoms with van der Waals surface area (Å²) in [4.78, 5) is 8.00. The topological polar surface area (TPSA) is 43.1 Å². The zero-order valence-corrected chi connectivity index (χ0v) is 6.66. The average molecular weight is 151 g/mol. The standard InChI is InChI=1S/C8H11N.CH2O/c1-7(9)8-5-3-2-4-6-8;1-2/h2-7H,9H2,1H3;1H2. The number of hydrogen-bond acceptors (Lipinski definition) is 2. The van der Waals surface area contributed by atoms with E-state index in [1.54, 1.807) is 0 Å². The van der Waals surface area contributed by atoms with Gasteiger partial charge in [0.2, 0.25) is 0 Å². The summed E-state index contributed by atoms with van der Waals surface area (Å²) in [5, 5.41) is 0. The number of rotatable bonds is 1. The molecule has 2 nitrogen and oxygen atoms in total. The van der Waals surface area contributed by atoms with Crippen molar-refractivity contribution in [1.29, 1.82) is 0 Å². The molecule has 2 heteroatoms. The first-order valence-electron chi connectivity index (χ1n) is 3.40. The van der Waals surface area contributed by atoms with Crippen LogP contribution in [0, 0.1) is 0 Å². The molecule has 0 heterocycles. The van der Waals surface area contributed by atoms with Crippen LogP contribution in [0.2, 0.25) is 0 Å². The Hall–Kier alpha value is -1.15. The number of carbonyl (C=O) groups excluding carboxylic acids is 1. The van der Waals surface area contributed by atoms with Crippen molar-refractivity contribution in [3.8, 4) is 0 Å². The molecule has 60 valence electrons. The Morgan fingerprint density at radius 1 is 1.27 bits per heavy atom. The van der Waals surface area contributed by atoms with Crippen LogP contribution in [0.1, 0.15) is 18.5 Å². The highest BCUT2D eigenvalue weighted by molar-refractivity contribution is 5.17. The van der Waals surface area contributed by atoms with Crippen LogP contribution in [0.5, 0.6) is 0 Å². The van der Waals surface area contributed by atoms with E-state index in [0.717, 1.165) is 0 Å². The zero-order valence-electron chi connectivity index (χ0n) is 6.66. The maximum absolute atomic E-state index is 8.00. The fourth-order valence-corrected chi connectivity index (χ4v) is 0.757. The van der Waals surface area contributed by atoms with Crippen molar-refractivity contribution in [1.82, 2.24) is 0 Å². The third kappa shape index (κ3) is 3.53. The second-order valence-electron chi connectivity index (χ2n) is 2.20. The van der Waals surface area contributed by atoms with E-state index < -0.39 is 0 Å². The van der Waals surface area contributed by atoms with Gasteiger partial charge in [0.15, 0.2) is 0 Å². The molecule has 0 fully saturated rings. The lowest BCUT2D eigenvalue weighted by atomic mass is 10.1. The molecule has 0 radical (unpaired) electrons. The molecule has 2 N–H and O–H groups in total. The first-order valence-corrected chi connectivity index (χ1v) is 3.40. The normalized spacial score (nSPS) is 11.1. The Bertz CT molecular complexity index is 184. The summed E-state index contributed by atoms with van der Waals surface area (Å²) in [7, 11) is 0. The summed E-state index contributed by atoms with van der Waals surface area (Å²) in [6.45, 7) is 3.98. The van der Waals surface area contributed by atoms with Gasteiger partial charge in [0.25, 0.3) is 0 Å². The van der Waals surface area contributed by atoms with Crippen molar-refractivity contribution < 1.29 is 4.79 Å². The fraction of sp³-hybridized carbons (Fsp3) is 0.222. The van der Waals surface area contributed by atoms with Crippen molar-refractivity contribution >= 4 is 6.79 Å². The predicted molar refractivity (Wildman–Crippen MR) is 46.2 cm³/mol. The lowest BCUT2D eigenvalue weighted by molar-refractivity contribution is -0.0979. The molecule has 1 aromatic rings. The maximum atomic E-state index is 8.00. The van der Waals surface area contributed by atoms with E-state index in [1.165, 1.54) is 5.56 Å². The highest BCUT2D eigenvalue weighted by atomic mass is 16.1. The van der Waals surface area contributed by atoms with E-state index in [4.69, 9.17) is 10.5 Å². The van der Waals surface area contributed by atoms with Gasteiger partial charge in [-0.15, -0.1) is 0 Å². The Balaban J connectivity index is 0.000000461. The number of benzene rings is 1. The maximum Gasteiger partial charge on any atom is 0.106 e. The largest absolute Gasteiger partial charge is 0.324 e. The molecule has 0 aliphatic carbocycles. The minimum Gasteiger partial charge on any atom is -0.324 e. The van der Waals surface area contributed by atoms with Crippen molar-refractivity contribution in [3.05, 3.63) is 35.9 Å². The van der Waals surface area contributed by atoms with E-state index in [9.17, 15) is 0 Å². The highest BCUT2D eigenvalue weighted by Gasteiger charge is 1.93. The van der Waals surface area contributed by atoms with Crippen LogP contribution >= 0.6 is 0 Å². The molecule has 0 spiro atoms. The van der Waals surface area contributed by atoms with Crippen molar-refractivity contribution in [3.63, 3.8) is 0 Å². The molecular weight excluding hydrogens is 138 g/mol. The number of nitrogens with two attached hydrogens (primary N) is 1. The molecule has 11 heavy (non-hydrogen) atoms. The van der Waals surface area contributed by atoms with Gasteiger partial charge in [-0.05, 0) is 12.5 Å². The summed E-state index contributed by atoms with van der Waals surface area (Å²) in [5.74, 6) is 0. The Morgan fingerprint density at radius 2 is 1.73 bits per heavy atom. The molecule has 0 saturated carbocycles. The Labute approximate surface area is 67.0 Å². The molecule has 1 rings (SSSR count). The SMILES string of the molecule is C=O.CC(N)c1ccccc1. The summed E-state index contributed by atoms with van der Waals surface area (Å²) < 4.78 is 0. The van der Waals surface area contributed by atoms with Crippen LogP contribution in [0.4, 0.5) is 0 Å². The van der Waals surface area contributed by atoms with E-state index in [1.807, 2.05) is 44.0 Å². The second-order valence-corrected chi connectivity index (χ2v) is 2.20. The van der Waals surface area contributed by atoms with E-state index in [-0.39, 0.29) is 6.04 Å². The molecule has 0 amide bonds. The summed E-state index contributed by atoms with van der Waals surface area (Å²) in [6, 6.07) is 10.2. The Kier molecular flexibility index (Phi) is 5.03. The monoisotopic (exact) mass is 151 g/mol. The van der Waals surface area contributed by atoms with Crippen LogP contribution < -0.4 is 5.73 Å². The molecular formula is C9H13NO. The van der Waals surface area contributed by atoms with Gasteiger partial charge >= 0.3 is 0 Å². The third-order valence-electron chi connectivity index (χ3n) is 1.33. The fourth-order valence-electron chi connectivity index (χ4n) is 0.757. The molecule has 1 atom stereocenters. The molecule has 0 aliphatic rings. The molecule has 1 unspecified atom stereocenters. The van der Waals surface area contributed by atoms with Gasteiger partial charge in [-0.25, -0.2) is 0 Å². The lowest BCUT2D eigenvalue weighted by Crippen LogP contribution is -2.03. The number of hydrogen-bond donors (Lipinski definition) is 1. The van der Waals surface area contributed by atoms with Crippen LogP contribution in [0.3, 0.4) is 0 Å². The minimum atomic E-state index is 0.159. The number of carbonyl (C=O) groups is 1. The lowest BCUT2D eigenvalue weighted by Gasteiger charge is -2.02. The van der Waals surface area contributed by atoms with Crippen LogP contribution in [0.25, 0.3) is 0 Å². The zero-order chi connectivity index (χ0) is 8.69. The molecule has 0 aliphatic heterocycles. The van der Waals surface area contributed by atoms with Crippen LogP contribution in [-0.4, -0.2) is 6.79 Å². The van der Waals surface area contributed by atoms with E-state index >= 15 is 0 Å². The molecule has 0 saturated heterocycles. The van der Waals surface area contributed by atoms with E-state index in [0.29, 0.717) is 0 Å². The van der Waals surface area contributed by atoms with Crippen LogP contribution in [0.15, 0.2) is 30.3 Å². The average Bonchev–Trinajstić information content (AvgIpc) is 2.10. The highest BCUT2D eigenvalue weighted by Crippen LogP contribution is 2.06. The molecule has 1 aromatic carbocycles. The van der Waals surface area contributed by atoms with Gasteiger partial charge in [-0.3, -0.25) is 0 Å². The smallest absolute Gasteiger partial charge is 0.106 e. The van der Waals surface area contributed by atoms with Crippen molar-refractivity contribution in [2.75, 3.05) is 0 Å². The molecule has 0 bridgehead atoms. The van der Waals surface area contributed by atoms with Gasteiger partial charge in [0.05, 0.1) is 0 Å². The van der Waals surface area contributed by atoms with Crippen molar-refractivity contribution in [2.24, 2.45) is 5.73 Å². The van der Waals surface area contributed by atoms with Gasteiger partial charge in [0.1, 0.15) is 6.79 Å². The predicted octanol–water partition coefficient (Wildman–Crippen LogP) is 1.52. The Morgan fingerprint density at radius 3 is 2.00 bits per heavy atom.